The lowest BCUT2D eigenvalue weighted by Crippen LogP contribution is -2.27. The van der Waals surface area contributed by atoms with Gasteiger partial charge in [0.25, 0.3) is 0 Å². The number of hydrogen-bond acceptors (Lipinski definition) is 4. The largest absolute Gasteiger partial charge is 0.310 e. The smallest absolute Gasteiger partial charge is 0.196 e. The summed E-state index contributed by atoms with van der Waals surface area (Å²) in [7, 11) is 3.96. The number of hydrogen-bond donors (Lipinski definition) is 1. The molecule has 0 aliphatic rings. The first-order chi connectivity index (χ1) is 8.56. The molecule has 0 aliphatic carbocycles. The maximum absolute atomic E-state index is 12.0. The maximum Gasteiger partial charge on any atom is 0.196 e. The summed E-state index contributed by atoms with van der Waals surface area (Å²) in [6.45, 7) is 4.68. The van der Waals surface area contributed by atoms with E-state index >= 15 is 0 Å². The van der Waals surface area contributed by atoms with Gasteiger partial charge in [0.2, 0.25) is 0 Å². The van der Waals surface area contributed by atoms with Gasteiger partial charge >= 0.3 is 0 Å². The Labute approximate surface area is 113 Å². The van der Waals surface area contributed by atoms with Crippen LogP contribution in [0, 0.1) is 0 Å². The number of halogens is 1. The second-order valence-electron chi connectivity index (χ2n) is 4.47. The predicted octanol–water partition coefficient (Wildman–Crippen LogP) is 1.28. The van der Waals surface area contributed by atoms with Crippen LogP contribution < -0.4 is 5.32 Å². The monoisotopic (exact) mass is 272 g/mol. The summed E-state index contributed by atoms with van der Waals surface area (Å²) in [5.41, 5.74) is 0.502. The van der Waals surface area contributed by atoms with Crippen LogP contribution in [0.1, 0.15) is 23.8 Å². The van der Waals surface area contributed by atoms with E-state index in [4.69, 9.17) is 11.6 Å². The van der Waals surface area contributed by atoms with Gasteiger partial charge in [-0.1, -0.05) is 18.5 Å². The summed E-state index contributed by atoms with van der Waals surface area (Å²) in [4.78, 5) is 14.1. The first-order valence-corrected chi connectivity index (χ1v) is 6.54. The minimum absolute atomic E-state index is 0.00953. The van der Waals surface area contributed by atoms with Gasteiger partial charge in [0.1, 0.15) is 5.69 Å². The number of nitrogens with zero attached hydrogens (tertiary/aromatic N) is 3. The van der Waals surface area contributed by atoms with Crippen LogP contribution in [-0.4, -0.2) is 54.2 Å². The highest BCUT2D eigenvalue weighted by Gasteiger charge is 2.16. The molecular weight excluding hydrogens is 252 g/mol. The fourth-order valence-electron chi connectivity index (χ4n) is 1.57. The van der Waals surface area contributed by atoms with Gasteiger partial charge in [-0.25, -0.2) is 0 Å². The molecule has 1 N–H and O–H groups in total. The fourth-order valence-corrected chi connectivity index (χ4v) is 1.81. The van der Waals surface area contributed by atoms with E-state index in [1.54, 1.807) is 4.68 Å². The summed E-state index contributed by atoms with van der Waals surface area (Å²) >= 11 is 6.02. The minimum atomic E-state index is -0.00953. The van der Waals surface area contributed by atoms with Crippen molar-refractivity contribution < 1.29 is 4.79 Å². The average molecular weight is 273 g/mol. The van der Waals surface area contributed by atoms with E-state index in [0.717, 1.165) is 19.5 Å². The van der Waals surface area contributed by atoms with Crippen LogP contribution in [0.15, 0.2) is 6.20 Å². The summed E-state index contributed by atoms with van der Waals surface area (Å²) in [6, 6.07) is 0. The molecule has 0 aliphatic heterocycles. The highest BCUT2D eigenvalue weighted by atomic mass is 35.5. The molecule has 0 radical (unpaired) electrons. The van der Waals surface area contributed by atoms with Crippen molar-refractivity contribution in [2.45, 2.75) is 19.9 Å². The Kier molecular flexibility index (Phi) is 6.32. The quantitative estimate of drug-likeness (QED) is 0.572. The molecule has 1 aromatic rings. The van der Waals surface area contributed by atoms with E-state index in [1.165, 1.54) is 6.20 Å². The molecule has 1 heterocycles. The van der Waals surface area contributed by atoms with Gasteiger partial charge in [-0.05, 0) is 27.1 Å². The third-order valence-corrected chi connectivity index (χ3v) is 2.81. The van der Waals surface area contributed by atoms with Crippen LogP contribution >= 0.6 is 11.6 Å². The van der Waals surface area contributed by atoms with Crippen LogP contribution in [-0.2, 0) is 6.54 Å². The van der Waals surface area contributed by atoms with Gasteiger partial charge in [-0.2, -0.15) is 5.10 Å². The summed E-state index contributed by atoms with van der Waals surface area (Å²) < 4.78 is 1.68. The second-order valence-corrected chi connectivity index (χ2v) is 4.87. The lowest BCUT2D eigenvalue weighted by atomic mass is 10.2. The number of Topliss-reactive ketones (excluding diaryl/α,β-unsaturated/α-hetero) is 1. The number of aromatic nitrogens is 2. The molecule has 18 heavy (non-hydrogen) atoms. The van der Waals surface area contributed by atoms with Gasteiger partial charge in [0, 0.05) is 6.54 Å². The Hall–Kier alpha value is -0.910. The number of rotatable bonds is 8. The molecule has 102 valence electrons. The standard InChI is InChI=1S/C12H21ClN4O/c1-4-5-14-9-11(18)12-10(13)8-15-17(12)7-6-16(2)3/h8,14H,4-7,9H2,1-3H3. The van der Waals surface area contributed by atoms with E-state index in [1.807, 2.05) is 19.0 Å². The molecule has 0 bridgehead atoms. The van der Waals surface area contributed by atoms with Crippen molar-refractivity contribution in [2.24, 2.45) is 0 Å². The van der Waals surface area contributed by atoms with Crippen LogP contribution in [0.3, 0.4) is 0 Å². The molecule has 0 amide bonds. The summed E-state index contributed by atoms with van der Waals surface area (Å²) in [5, 5.41) is 7.66. The van der Waals surface area contributed by atoms with Crippen molar-refractivity contribution in [1.82, 2.24) is 20.0 Å². The molecule has 0 saturated heterocycles. The molecule has 0 unspecified atom stereocenters. The minimum Gasteiger partial charge on any atom is -0.310 e. The Morgan fingerprint density at radius 2 is 2.28 bits per heavy atom. The normalized spacial score (nSPS) is 11.2. The van der Waals surface area contributed by atoms with E-state index < -0.39 is 0 Å². The number of carbonyl (C=O) groups excluding carboxylic acids is 1. The fraction of sp³-hybridized carbons (Fsp3) is 0.667. The lowest BCUT2D eigenvalue weighted by Gasteiger charge is -2.11. The van der Waals surface area contributed by atoms with Crippen molar-refractivity contribution in [3.63, 3.8) is 0 Å². The molecule has 0 fully saturated rings. The second kappa shape index (κ2) is 7.51. The molecule has 0 spiro atoms. The Bertz CT molecular complexity index is 389. The van der Waals surface area contributed by atoms with E-state index in [9.17, 15) is 4.79 Å². The Morgan fingerprint density at radius 1 is 1.56 bits per heavy atom. The van der Waals surface area contributed by atoms with Crippen molar-refractivity contribution >= 4 is 17.4 Å². The highest BCUT2D eigenvalue weighted by Crippen LogP contribution is 2.15. The predicted molar refractivity (Wildman–Crippen MR) is 73.3 cm³/mol. The Balaban J connectivity index is 2.67. The third-order valence-electron chi connectivity index (χ3n) is 2.53. The molecule has 0 saturated carbocycles. The van der Waals surface area contributed by atoms with E-state index in [0.29, 0.717) is 23.8 Å². The van der Waals surface area contributed by atoms with E-state index in [2.05, 4.69) is 17.3 Å². The molecular formula is C12H21ClN4O. The van der Waals surface area contributed by atoms with Crippen LogP contribution in [0.5, 0.6) is 0 Å². The molecule has 0 atom stereocenters. The SMILES string of the molecule is CCCNCC(=O)c1c(Cl)cnn1CCN(C)C. The van der Waals surface area contributed by atoms with Crippen molar-refractivity contribution in [3.05, 3.63) is 16.9 Å². The van der Waals surface area contributed by atoms with Crippen molar-refractivity contribution in [3.8, 4) is 0 Å². The van der Waals surface area contributed by atoms with Crippen LogP contribution in [0.25, 0.3) is 0 Å². The maximum atomic E-state index is 12.0. The van der Waals surface area contributed by atoms with E-state index in [-0.39, 0.29) is 5.78 Å². The van der Waals surface area contributed by atoms with Crippen LogP contribution in [0.2, 0.25) is 5.02 Å². The molecule has 0 aromatic carbocycles. The topological polar surface area (TPSA) is 50.2 Å². The van der Waals surface area contributed by atoms with Crippen LogP contribution in [0.4, 0.5) is 0 Å². The highest BCUT2D eigenvalue weighted by molar-refractivity contribution is 6.33. The van der Waals surface area contributed by atoms with Gasteiger partial charge < -0.3 is 10.2 Å². The first-order valence-electron chi connectivity index (χ1n) is 6.16. The zero-order valence-electron chi connectivity index (χ0n) is 11.2. The number of nitrogens with one attached hydrogen (secondary N) is 1. The van der Waals surface area contributed by atoms with Crippen molar-refractivity contribution in [1.29, 1.82) is 0 Å². The number of ketones is 1. The molecule has 6 heteroatoms. The van der Waals surface area contributed by atoms with Gasteiger partial charge in [0.05, 0.1) is 24.3 Å². The zero-order valence-corrected chi connectivity index (χ0v) is 12.0. The lowest BCUT2D eigenvalue weighted by molar-refractivity contribution is 0.0980. The average Bonchev–Trinajstić information content (AvgIpc) is 2.68. The molecule has 5 nitrogen and oxygen atoms in total. The molecule has 1 rings (SSSR count). The summed E-state index contributed by atoms with van der Waals surface area (Å²) in [5.74, 6) is -0.00953. The van der Waals surface area contributed by atoms with Crippen molar-refractivity contribution in [2.75, 3.05) is 33.7 Å². The van der Waals surface area contributed by atoms with Gasteiger partial charge in [-0.3, -0.25) is 9.48 Å². The third kappa shape index (κ3) is 4.40. The van der Waals surface area contributed by atoms with Gasteiger partial charge in [0.15, 0.2) is 5.78 Å². The number of carbonyl (C=O) groups is 1. The number of likely N-dealkylation sites (N-methyl/N-ethyl adjacent to an activating group) is 1. The molecule has 1 aromatic heterocycles. The van der Waals surface area contributed by atoms with Gasteiger partial charge in [-0.15, -0.1) is 0 Å². The zero-order chi connectivity index (χ0) is 13.5. The first kappa shape index (κ1) is 15.1. The summed E-state index contributed by atoms with van der Waals surface area (Å²) in [6.07, 6.45) is 2.53. The Morgan fingerprint density at radius 3 is 2.89 bits per heavy atom.